The van der Waals surface area contributed by atoms with Gasteiger partial charge in [-0.25, -0.2) is 4.39 Å². The fourth-order valence-corrected chi connectivity index (χ4v) is 2.41. The second-order valence-corrected chi connectivity index (χ2v) is 4.89. The van der Waals surface area contributed by atoms with Gasteiger partial charge in [0.2, 0.25) is 5.75 Å². The van der Waals surface area contributed by atoms with Gasteiger partial charge in [0.25, 0.3) is 0 Å². The number of rotatable bonds is 2. The van der Waals surface area contributed by atoms with Crippen LogP contribution in [0.2, 0.25) is 0 Å². The highest BCUT2D eigenvalue weighted by Crippen LogP contribution is 2.26. The van der Waals surface area contributed by atoms with Gasteiger partial charge in [0.1, 0.15) is 5.82 Å². The SMILES string of the molecule is Cc1cc([S+]([O-])CC(F)(F)F)c(C)cc1F. The monoisotopic (exact) mass is 254 g/mol. The van der Waals surface area contributed by atoms with Gasteiger partial charge in [0, 0.05) is 5.56 Å². The molecule has 90 valence electrons. The van der Waals surface area contributed by atoms with E-state index in [0.29, 0.717) is 0 Å². The van der Waals surface area contributed by atoms with Gasteiger partial charge >= 0.3 is 6.18 Å². The zero-order valence-electron chi connectivity index (χ0n) is 8.69. The van der Waals surface area contributed by atoms with Crippen LogP contribution in [0.3, 0.4) is 0 Å². The Morgan fingerprint density at radius 1 is 1.19 bits per heavy atom. The highest BCUT2D eigenvalue weighted by atomic mass is 32.2. The first-order chi connectivity index (χ1) is 7.20. The predicted octanol–water partition coefficient (Wildman–Crippen LogP) is 3.11. The molecule has 1 aromatic rings. The number of alkyl halides is 3. The molecule has 0 aliphatic carbocycles. The van der Waals surface area contributed by atoms with E-state index in [-0.39, 0.29) is 16.0 Å². The van der Waals surface area contributed by atoms with Crippen molar-refractivity contribution in [3.63, 3.8) is 0 Å². The molecule has 0 radical (unpaired) electrons. The number of benzene rings is 1. The normalized spacial score (nSPS) is 13.9. The van der Waals surface area contributed by atoms with E-state index in [1.165, 1.54) is 19.9 Å². The standard InChI is InChI=1S/C10H10F4OS/c1-6-4-9(7(2)3-8(6)11)16(15)5-10(12,13)14/h3-4H,5H2,1-2H3. The fraction of sp³-hybridized carbons (Fsp3) is 0.400. The maximum absolute atomic E-state index is 13.0. The lowest BCUT2D eigenvalue weighted by Crippen LogP contribution is -2.23. The Bertz CT molecular complexity index is 389. The van der Waals surface area contributed by atoms with Crippen molar-refractivity contribution in [3.05, 3.63) is 29.1 Å². The van der Waals surface area contributed by atoms with Gasteiger partial charge in [0.15, 0.2) is 4.90 Å². The Balaban J connectivity index is 3.00. The Morgan fingerprint density at radius 3 is 2.25 bits per heavy atom. The molecule has 0 fully saturated rings. The molecule has 6 heteroatoms. The predicted molar refractivity (Wildman–Crippen MR) is 53.2 cm³/mol. The van der Waals surface area contributed by atoms with E-state index in [1.807, 2.05) is 0 Å². The maximum Gasteiger partial charge on any atom is 0.433 e. The van der Waals surface area contributed by atoms with E-state index >= 15 is 0 Å². The average molecular weight is 254 g/mol. The summed E-state index contributed by atoms with van der Waals surface area (Å²) in [5, 5.41) is 0. The molecule has 0 saturated carbocycles. The third kappa shape index (κ3) is 3.38. The van der Waals surface area contributed by atoms with Crippen LogP contribution in [0.1, 0.15) is 11.1 Å². The van der Waals surface area contributed by atoms with Gasteiger partial charge in [-0.3, -0.25) is 0 Å². The van der Waals surface area contributed by atoms with Crippen LogP contribution in [-0.4, -0.2) is 16.5 Å². The van der Waals surface area contributed by atoms with Gasteiger partial charge in [-0.1, -0.05) is 0 Å². The molecule has 0 aromatic heterocycles. The van der Waals surface area contributed by atoms with Crippen LogP contribution in [0.25, 0.3) is 0 Å². The molecule has 1 atom stereocenters. The first kappa shape index (κ1) is 13.3. The molecule has 1 nitrogen and oxygen atoms in total. The van der Waals surface area contributed by atoms with Crippen molar-refractivity contribution in [2.75, 3.05) is 5.75 Å². The molecular weight excluding hydrogens is 244 g/mol. The topological polar surface area (TPSA) is 23.1 Å². The first-order valence-corrected chi connectivity index (χ1v) is 5.74. The third-order valence-corrected chi connectivity index (χ3v) is 3.52. The average Bonchev–Trinajstić information content (AvgIpc) is 2.08. The summed E-state index contributed by atoms with van der Waals surface area (Å²) in [5.41, 5.74) is 0.460. The van der Waals surface area contributed by atoms with Crippen LogP contribution in [0.5, 0.6) is 0 Å². The van der Waals surface area contributed by atoms with E-state index in [4.69, 9.17) is 0 Å². The minimum absolute atomic E-state index is 0.0382. The van der Waals surface area contributed by atoms with E-state index in [2.05, 4.69) is 0 Å². The van der Waals surface area contributed by atoms with Crippen molar-refractivity contribution in [2.45, 2.75) is 24.9 Å². The quantitative estimate of drug-likeness (QED) is 0.587. The number of hydrogen-bond donors (Lipinski definition) is 0. The molecule has 1 rings (SSSR count). The summed E-state index contributed by atoms with van der Waals surface area (Å²) in [6.45, 7) is 2.86. The number of halogens is 4. The van der Waals surface area contributed by atoms with Crippen LogP contribution in [-0.2, 0) is 11.2 Å². The summed E-state index contributed by atoms with van der Waals surface area (Å²) in [6.07, 6.45) is -4.49. The highest BCUT2D eigenvalue weighted by Gasteiger charge is 2.36. The molecular formula is C10H10F4OS. The summed E-state index contributed by atoms with van der Waals surface area (Å²) >= 11 is -2.17. The molecule has 16 heavy (non-hydrogen) atoms. The summed E-state index contributed by atoms with van der Waals surface area (Å²) in [7, 11) is 0. The Morgan fingerprint density at radius 2 is 1.75 bits per heavy atom. The van der Waals surface area contributed by atoms with E-state index < -0.39 is 28.9 Å². The highest BCUT2D eigenvalue weighted by molar-refractivity contribution is 7.91. The largest absolute Gasteiger partial charge is 0.611 e. The summed E-state index contributed by atoms with van der Waals surface area (Å²) in [5.74, 6) is -1.91. The van der Waals surface area contributed by atoms with Crippen molar-refractivity contribution in [1.82, 2.24) is 0 Å². The van der Waals surface area contributed by atoms with Crippen molar-refractivity contribution >= 4 is 11.2 Å². The molecule has 0 aliphatic heterocycles. The van der Waals surface area contributed by atoms with E-state index in [9.17, 15) is 22.1 Å². The summed E-state index contributed by atoms with van der Waals surface area (Å²) in [6, 6.07) is 2.30. The van der Waals surface area contributed by atoms with Gasteiger partial charge in [-0.05, 0) is 42.7 Å². The Hall–Kier alpha value is -0.750. The van der Waals surface area contributed by atoms with Gasteiger partial charge in [-0.2, -0.15) is 13.2 Å². The minimum Gasteiger partial charge on any atom is -0.611 e. The minimum atomic E-state index is -4.49. The Labute approximate surface area is 93.6 Å². The lowest BCUT2D eigenvalue weighted by atomic mass is 10.1. The molecule has 0 spiro atoms. The molecule has 0 N–H and O–H groups in total. The molecule has 0 aliphatic rings. The number of hydrogen-bond acceptors (Lipinski definition) is 1. The van der Waals surface area contributed by atoms with Crippen molar-refractivity contribution in [2.24, 2.45) is 0 Å². The molecule has 0 bridgehead atoms. The van der Waals surface area contributed by atoms with E-state index in [1.54, 1.807) is 0 Å². The van der Waals surface area contributed by atoms with Crippen molar-refractivity contribution < 1.29 is 22.1 Å². The fourth-order valence-electron chi connectivity index (χ4n) is 1.23. The van der Waals surface area contributed by atoms with Crippen LogP contribution in [0, 0.1) is 19.7 Å². The smallest absolute Gasteiger partial charge is 0.433 e. The van der Waals surface area contributed by atoms with E-state index in [0.717, 1.165) is 6.07 Å². The molecule has 0 heterocycles. The molecule has 0 amide bonds. The summed E-state index contributed by atoms with van der Waals surface area (Å²) in [4.78, 5) is 0.0382. The van der Waals surface area contributed by atoms with Crippen LogP contribution >= 0.6 is 0 Å². The third-order valence-electron chi connectivity index (χ3n) is 2.00. The van der Waals surface area contributed by atoms with Gasteiger partial charge in [-0.15, -0.1) is 0 Å². The lowest BCUT2D eigenvalue weighted by Gasteiger charge is -2.15. The Kier molecular flexibility index (Phi) is 3.85. The molecule has 1 aromatic carbocycles. The summed E-state index contributed by atoms with van der Waals surface area (Å²) < 4.78 is 60.6. The van der Waals surface area contributed by atoms with Gasteiger partial charge < -0.3 is 4.55 Å². The lowest BCUT2D eigenvalue weighted by molar-refractivity contribution is -0.106. The first-order valence-electron chi connectivity index (χ1n) is 4.42. The second kappa shape index (κ2) is 4.63. The number of aryl methyl sites for hydroxylation is 2. The second-order valence-electron chi connectivity index (χ2n) is 3.47. The van der Waals surface area contributed by atoms with Crippen molar-refractivity contribution in [3.8, 4) is 0 Å². The maximum atomic E-state index is 13.0. The van der Waals surface area contributed by atoms with Crippen molar-refractivity contribution in [1.29, 1.82) is 0 Å². The molecule has 1 unspecified atom stereocenters. The van der Waals surface area contributed by atoms with Crippen LogP contribution in [0.4, 0.5) is 17.6 Å². The van der Waals surface area contributed by atoms with Crippen LogP contribution in [0.15, 0.2) is 17.0 Å². The zero-order chi connectivity index (χ0) is 12.5. The van der Waals surface area contributed by atoms with Gasteiger partial charge in [0.05, 0.1) is 0 Å². The molecule has 0 saturated heterocycles. The van der Waals surface area contributed by atoms with Crippen LogP contribution < -0.4 is 0 Å². The zero-order valence-corrected chi connectivity index (χ0v) is 9.51.